The second-order valence-electron chi connectivity index (χ2n) is 21.9. The number of hydrogen-bond donors (Lipinski definition) is 4. The third-order valence-corrected chi connectivity index (χ3v) is 14.7. The molecule has 0 aromatic heterocycles. The molecule has 4 N–H and O–H groups in total. The first-order valence-electron chi connectivity index (χ1n) is 29.8. The number of nitrogens with zero attached hydrogens (tertiary/aromatic N) is 1. The van der Waals surface area contributed by atoms with Gasteiger partial charge in [0.05, 0.1) is 39.9 Å². The van der Waals surface area contributed by atoms with Crippen molar-refractivity contribution in [2.75, 3.05) is 40.9 Å². The van der Waals surface area contributed by atoms with E-state index in [0.717, 1.165) is 32.1 Å². The van der Waals surface area contributed by atoms with E-state index in [4.69, 9.17) is 9.05 Å². The molecule has 0 bridgehead atoms. The van der Waals surface area contributed by atoms with Crippen LogP contribution in [0.15, 0.2) is 24.3 Å². The summed E-state index contributed by atoms with van der Waals surface area (Å²) in [6.07, 6.45) is 60.1. The molecular weight excluding hydrogens is 880 g/mol. The Kier molecular flexibility index (Phi) is 49.7. The predicted octanol–water partition coefficient (Wildman–Crippen LogP) is 17.0. The zero-order chi connectivity index (χ0) is 50.8. The van der Waals surface area contributed by atoms with E-state index in [1.165, 1.54) is 225 Å². The first-order chi connectivity index (χ1) is 33.4. The maximum Gasteiger partial charge on any atom is 0.472 e. The maximum absolute atomic E-state index is 13.0. The number of hydrogen-bond acceptors (Lipinski definition) is 6. The monoisotopic (exact) mass is 998 g/mol. The van der Waals surface area contributed by atoms with Crippen LogP contribution in [-0.4, -0.2) is 84.6 Å². The third kappa shape index (κ3) is 51.6. The SMILES string of the molecule is CCCCCCCCC/C=C/CCCC(O)C(O)C(COP(=O)(O)OCC[N+](C)(C)C)NC(=O)CCCCCCCCCCCCCCCCCCCCCCC/C=C\CCCCCCCCCC. The van der Waals surface area contributed by atoms with Gasteiger partial charge in [-0.05, 0) is 64.2 Å². The Bertz CT molecular complexity index is 1190. The minimum atomic E-state index is -4.43. The van der Waals surface area contributed by atoms with Gasteiger partial charge >= 0.3 is 7.82 Å². The summed E-state index contributed by atoms with van der Waals surface area (Å²) >= 11 is 0. The highest BCUT2D eigenvalue weighted by molar-refractivity contribution is 7.47. The summed E-state index contributed by atoms with van der Waals surface area (Å²) in [6, 6.07) is -1.05. The molecule has 0 aliphatic carbocycles. The van der Waals surface area contributed by atoms with Gasteiger partial charge < -0.3 is 24.9 Å². The van der Waals surface area contributed by atoms with E-state index in [1.54, 1.807) is 0 Å². The number of carbonyl (C=O) groups excluding carboxylic acids is 1. The highest BCUT2D eigenvalue weighted by Gasteiger charge is 2.31. The van der Waals surface area contributed by atoms with E-state index in [0.29, 0.717) is 23.9 Å². The van der Waals surface area contributed by atoms with Crippen LogP contribution in [0.5, 0.6) is 0 Å². The Morgan fingerprint density at radius 2 is 0.812 bits per heavy atom. The second-order valence-corrected chi connectivity index (χ2v) is 23.3. The number of phosphoric ester groups is 1. The minimum Gasteiger partial charge on any atom is -0.390 e. The Balaban J connectivity index is 4.04. The zero-order valence-electron chi connectivity index (χ0n) is 46.4. The van der Waals surface area contributed by atoms with Crippen molar-refractivity contribution in [1.29, 1.82) is 0 Å². The first kappa shape index (κ1) is 67.9. The Hall–Kier alpha value is -1.06. The molecule has 410 valence electrons. The molecule has 69 heavy (non-hydrogen) atoms. The minimum absolute atomic E-state index is 0.0186. The van der Waals surface area contributed by atoms with Crippen molar-refractivity contribution in [3.8, 4) is 0 Å². The molecule has 0 aliphatic rings. The van der Waals surface area contributed by atoms with Gasteiger partial charge in [-0.3, -0.25) is 13.8 Å². The van der Waals surface area contributed by atoms with Gasteiger partial charge in [-0.1, -0.05) is 244 Å². The predicted molar refractivity (Wildman–Crippen MR) is 297 cm³/mol. The molecule has 0 fully saturated rings. The molecule has 0 radical (unpaired) electrons. The molecule has 0 aromatic carbocycles. The quantitative estimate of drug-likeness (QED) is 0.0207. The van der Waals surface area contributed by atoms with E-state index < -0.39 is 32.7 Å². The number of unbranched alkanes of at least 4 members (excludes halogenated alkanes) is 37. The van der Waals surface area contributed by atoms with Crippen molar-refractivity contribution < 1.29 is 38.0 Å². The Morgan fingerprint density at radius 3 is 1.16 bits per heavy atom. The molecule has 4 atom stereocenters. The van der Waals surface area contributed by atoms with Gasteiger partial charge in [0, 0.05) is 6.42 Å². The summed E-state index contributed by atoms with van der Waals surface area (Å²) < 4.78 is 23.6. The summed E-state index contributed by atoms with van der Waals surface area (Å²) in [5, 5.41) is 24.8. The van der Waals surface area contributed by atoms with Crippen molar-refractivity contribution in [1.82, 2.24) is 5.32 Å². The Morgan fingerprint density at radius 1 is 0.493 bits per heavy atom. The smallest absolute Gasteiger partial charge is 0.390 e. The number of amides is 1. The average Bonchev–Trinajstić information content (AvgIpc) is 3.31. The number of rotatable bonds is 55. The summed E-state index contributed by atoms with van der Waals surface area (Å²) in [4.78, 5) is 23.3. The van der Waals surface area contributed by atoms with Crippen molar-refractivity contribution in [2.45, 2.75) is 308 Å². The highest BCUT2D eigenvalue weighted by atomic mass is 31.2. The van der Waals surface area contributed by atoms with Gasteiger partial charge in [-0.2, -0.15) is 0 Å². The Labute approximate surface area is 428 Å². The second kappa shape index (κ2) is 50.5. The van der Waals surface area contributed by atoms with Crippen LogP contribution in [0, 0.1) is 0 Å². The summed E-state index contributed by atoms with van der Waals surface area (Å²) in [5.74, 6) is -0.263. The van der Waals surface area contributed by atoms with Crippen molar-refractivity contribution >= 4 is 13.7 Å². The maximum atomic E-state index is 13.0. The molecule has 10 heteroatoms. The topological polar surface area (TPSA) is 125 Å². The molecule has 0 spiro atoms. The van der Waals surface area contributed by atoms with Crippen LogP contribution >= 0.6 is 7.82 Å². The van der Waals surface area contributed by atoms with Crippen LogP contribution in [0.1, 0.15) is 290 Å². The van der Waals surface area contributed by atoms with Crippen LogP contribution in [0.4, 0.5) is 0 Å². The fourth-order valence-corrected chi connectivity index (χ4v) is 9.76. The lowest BCUT2D eigenvalue weighted by atomic mass is 10.0. The lowest BCUT2D eigenvalue weighted by Crippen LogP contribution is -2.51. The fraction of sp³-hybridized carbons (Fsp3) is 0.915. The molecule has 0 heterocycles. The molecule has 9 nitrogen and oxygen atoms in total. The lowest BCUT2D eigenvalue weighted by molar-refractivity contribution is -0.870. The number of aliphatic hydroxyl groups excluding tert-OH is 2. The van der Waals surface area contributed by atoms with Gasteiger partial charge in [0.2, 0.25) is 5.91 Å². The first-order valence-corrected chi connectivity index (χ1v) is 31.3. The van der Waals surface area contributed by atoms with E-state index in [9.17, 15) is 24.5 Å². The van der Waals surface area contributed by atoms with E-state index in [2.05, 4.69) is 43.5 Å². The van der Waals surface area contributed by atoms with Crippen molar-refractivity contribution in [3.05, 3.63) is 24.3 Å². The van der Waals surface area contributed by atoms with Crippen LogP contribution in [0.3, 0.4) is 0 Å². The normalized spacial score (nSPS) is 14.5. The van der Waals surface area contributed by atoms with Gasteiger partial charge in [0.1, 0.15) is 19.3 Å². The largest absolute Gasteiger partial charge is 0.472 e. The molecular formula is C59H118N2O7P+. The lowest BCUT2D eigenvalue weighted by Gasteiger charge is -2.28. The van der Waals surface area contributed by atoms with Gasteiger partial charge in [-0.15, -0.1) is 0 Å². The number of quaternary nitrogens is 1. The molecule has 1 amide bonds. The molecule has 4 unspecified atom stereocenters. The summed E-state index contributed by atoms with van der Waals surface area (Å²) in [5.41, 5.74) is 0. The van der Waals surface area contributed by atoms with E-state index in [-0.39, 0.29) is 18.9 Å². The third-order valence-electron chi connectivity index (χ3n) is 13.8. The standard InChI is InChI=1S/C59H117N2O7P/c1-6-8-10-12-14-16-18-20-21-22-23-24-25-26-27-28-29-30-31-32-33-34-35-36-37-38-39-40-42-44-46-48-50-52-58(63)60-56(55-68-69(65,66)67-54-53-61(3,4)5)59(64)57(62)51-49-47-45-43-41-19-17-15-13-11-9-7-2/h22-23,43,45,56-57,59,62,64H,6-21,24-42,44,46-55H2,1-5H3,(H-,60,63,65,66)/p+1/b23-22-,45-43+. The van der Waals surface area contributed by atoms with Crippen LogP contribution in [0.2, 0.25) is 0 Å². The fourth-order valence-electron chi connectivity index (χ4n) is 9.02. The van der Waals surface area contributed by atoms with Gasteiger partial charge in [-0.25, -0.2) is 4.57 Å². The molecule has 0 aromatic rings. The highest BCUT2D eigenvalue weighted by Crippen LogP contribution is 2.43. The number of phosphoric acid groups is 1. The summed E-state index contributed by atoms with van der Waals surface area (Å²) in [6.45, 7) is 4.60. The number of carbonyl (C=O) groups is 1. The van der Waals surface area contributed by atoms with Gasteiger partial charge in [0.15, 0.2) is 0 Å². The summed E-state index contributed by atoms with van der Waals surface area (Å²) in [7, 11) is 1.43. The van der Waals surface area contributed by atoms with Crippen LogP contribution < -0.4 is 5.32 Å². The molecule has 0 saturated heterocycles. The van der Waals surface area contributed by atoms with Crippen LogP contribution in [0.25, 0.3) is 0 Å². The molecule has 0 rings (SSSR count). The molecule has 0 aliphatic heterocycles. The zero-order valence-corrected chi connectivity index (χ0v) is 47.3. The number of likely N-dealkylation sites (N-methyl/N-ethyl adjacent to an activating group) is 1. The number of aliphatic hydroxyl groups is 2. The number of nitrogens with one attached hydrogen (secondary N) is 1. The van der Waals surface area contributed by atoms with Gasteiger partial charge in [0.25, 0.3) is 0 Å². The van der Waals surface area contributed by atoms with Crippen LogP contribution in [-0.2, 0) is 18.4 Å². The number of allylic oxidation sites excluding steroid dienone is 4. The van der Waals surface area contributed by atoms with E-state index >= 15 is 0 Å². The van der Waals surface area contributed by atoms with E-state index in [1.807, 2.05) is 21.1 Å². The average molecular weight is 999 g/mol. The van der Waals surface area contributed by atoms with Crippen molar-refractivity contribution in [3.63, 3.8) is 0 Å². The van der Waals surface area contributed by atoms with Crippen molar-refractivity contribution in [2.24, 2.45) is 0 Å². The molecule has 0 saturated carbocycles.